The van der Waals surface area contributed by atoms with E-state index < -0.39 is 5.97 Å². The fraction of sp³-hybridized carbons (Fsp3) is 0.188. The molecule has 2 rings (SSSR count). The molecule has 1 N–H and O–H groups in total. The summed E-state index contributed by atoms with van der Waals surface area (Å²) in [4.78, 5) is 11.5. The Morgan fingerprint density at radius 1 is 1.19 bits per heavy atom. The van der Waals surface area contributed by atoms with Crippen LogP contribution in [0.2, 0.25) is 0 Å². The standard InChI is InChI=1S/C16H15BO4/c1-10-11(2)15(16(19)21-17)13(18)8-14(10)20-9-12-6-4-3-5-7-12/h3-8,18H,9H2,1-2H3. The molecule has 0 aliphatic carbocycles. The van der Waals surface area contributed by atoms with Crippen LogP contribution >= 0.6 is 0 Å². The number of carbonyl (C=O) groups excluding carboxylic acids is 1. The summed E-state index contributed by atoms with van der Waals surface area (Å²) in [7, 11) is 4.87. The quantitative estimate of drug-likeness (QED) is 0.876. The van der Waals surface area contributed by atoms with Crippen molar-refractivity contribution < 1.29 is 19.3 Å². The zero-order valence-corrected chi connectivity index (χ0v) is 11.9. The molecule has 0 aliphatic rings. The van der Waals surface area contributed by atoms with E-state index in [1.54, 1.807) is 6.92 Å². The van der Waals surface area contributed by atoms with E-state index >= 15 is 0 Å². The van der Waals surface area contributed by atoms with Crippen LogP contribution in [0.4, 0.5) is 0 Å². The minimum Gasteiger partial charge on any atom is -0.540 e. The van der Waals surface area contributed by atoms with Crippen molar-refractivity contribution in [2.24, 2.45) is 0 Å². The number of hydrogen-bond donors (Lipinski definition) is 1. The van der Waals surface area contributed by atoms with Gasteiger partial charge in [0.25, 0.3) is 0 Å². The molecule has 0 saturated heterocycles. The van der Waals surface area contributed by atoms with Gasteiger partial charge >= 0.3 is 14.0 Å². The fourth-order valence-corrected chi connectivity index (χ4v) is 2.07. The van der Waals surface area contributed by atoms with Gasteiger partial charge in [-0.2, -0.15) is 0 Å². The third kappa shape index (κ3) is 3.19. The van der Waals surface area contributed by atoms with Gasteiger partial charge in [-0.25, -0.2) is 4.79 Å². The first-order valence-corrected chi connectivity index (χ1v) is 6.45. The zero-order chi connectivity index (χ0) is 15.4. The molecule has 0 amide bonds. The average molecular weight is 282 g/mol. The zero-order valence-electron chi connectivity index (χ0n) is 11.9. The van der Waals surface area contributed by atoms with E-state index in [-0.39, 0.29) is 11.3 Å². The van der Waals surface area contributed by atoms with Crippen LogP contribution < -0.4 is 4.74 Å². The highest BCUT2D eigenvalue weighted by molar-refractivity contribution is 6.10. The lowest BCUT2D eigenvalue weighted by Crippen LogP contribution is -2.08. The highest BCUT2D eigenvalue weighted by Crippen LogP contribution is 2.33. The minimum absolute atomic E-state index is 0.0575. The van der Waals surface area contributed by atoms with Gasteiger partial charge in [0, 0.05) is 6.07 Å². The van der Waals surface area contributed by atoms with Crippen molar-refractivity contribution in [2.75, 3.05) is 0 Å². The summed E-state index contributed by atoms with van der Waals surface area (Å²) >= 11 is 0. The Labute approximate surface area is 124 Å². The normalized spacial score (nSPS) is 10.2. The maximum absolute atomic E-state index is 11.5. The molecule has 0 aliphatic heterocycles. The van der Waals surface area contributed by atoms with Crippen molar-refractivity contribution in [1.29, 1.82) is 0 Å². The second-order valence-corrected chi connectivity index (χ2v) is 4.70. The highest BCUT2D eigenvalue weighted by Gasteiger charge is 2.19. The Balaban J connectivity index is 2.28. The molecule has 2 radical (unpaired) electrons. The molecule has 4 nitrogen and oxygen atoms in total. The summed E-state index contributed by atoms with van der Waals surface area (Å²) in [6, 6.07) is 11.1. The molecule has 0 fully saturated rings. The third-order valence-electron chi connectivity index (χ3n) is 3.38. The SMILES string of the molecule is [B]OC(=O)c1c(O)cc(OCc2ccccc2)c(C)c1C. The maximum Gasteiger partial charge on any atom is 0.378 e. The van der Waals surface area contributed by atoms with E-state index in [9.17, 15) is 9.90 Å². The number of ether oxygens (including phenoxy) is 1. The van der Waals surface area contributed by atoms with Crippen molar-refractivity contribution >= 4 is 14.0 Å². The highest BCUT2D eigenvalue weighted by atomic mass is 16.5. The second-order valence-electron chi connectivity index (χ2n) is 4.70. The molecule has 2 aromatic carbocycles. The molecular weight excluding hydrogens is 267 g/mol. The topological polar surface area (TPSA) is 55.8 Å². The average Bonchev–Trinajstić information content (AvgIpc) is 2.50. The summed E-state index contributed by atoms with van der Waals surface area (Å²) in [5.41, 5.74) is 2.40. The van der Waals surface area contributed by atoms with Crippen molar-refractivity contribution in [3.05, 3.63) is 58.7 Å². The predicted octanol–water partition coefficient (Wildman–Crippen LogP) is 2.83. The van der Waals surface area contributed by atoms with Gasteiger partial charge in [0.05, 0.1) is 0 Å². The monoisotopic (exact) mass is 282 g/mol. The first-order chi connectivity index (χ1) is 10.0. The van der Waals surface area contributed by atoms with Crippen LogP contribution in [-0.4, -0.2) is 19.1 Å². The Morgan fingerprint density at radius 2 is 1.86 bits per heavy atom. The van der Waals surface area contributed by atoms with Gasteiger partial charge in [-0.05, 0) is 30.5 Å². The Kier molecular flexibility index (Phi) is 4.53. The van der Waals surface area contributed by atoms with Gasteiger partial charge in [0.1, 0.15) is 23.7 Å². The maximum atomic E-state index is 11.5. The molecule has 0 unspecified atom stereocenters. The molecule has 0 heterocycles. The van der Waals surface area contributed by atoms with Crippen LogP contribution in [-0.2, 0) is 11.3 Å². The summed E-state index contributed by atoms with van der Waals surface area (Å²) < 4.78 is 9.89. The predicted molar refractivity (Wildman–Crippen MR) is 79.5 cm³/mol. The van der Waals surface area contributed by atoms with Gasteiger partial charge in [-0.1, -0.05) is 30.3 Å². The van der Waals surface area contributed by atoms with Gasteiger partial charge in [-0.15, -0.1) is 0 Å². The molecule has 2 aromatic rings. The molecule has 0 aromatic heterocycles. The molecule has 0 atom stereocenters. The van der Waals surface area contributed by atoms with E-state index in [4.69, 9.17) is 12.8 Å². The number of hydrogen-bond acceptors (Lipinski definition) is 4. The number of carbonyl (C=O) groups is 1. The lowest BCUT2D eigenvalue weighted by molar-refractivity contribution is 0.0745. The largest absolute Gasteiger partial charge is 0.540 e. The lowest BCUT2D eigenvalue weighted by atomic mass is 10.0. The molecule has 5 heteroatoms. The third-order valence-corrected chi connectivity index (χ3v) is 3.38. The number of benzene rings is 2. The Bertz CT molecular complexity index is 653. The first-order valence-electron chi connectivity index (χ1n) is 6.45. The summed E-state index contributed by atoms with van der Waals surface area (Å²) in [6.45, 7) is 3.89. The van der Waals surface area contributed by atoms with Crippen molar-refractivity contribution in [1.82, 2.24) is 0 Å². The van der Waals surface area contributed by atoms with Crippen LogP contribution in [0.1, 0.15) is 27.0 Å². The lowest BCUT2D eigenvalue weighted by Gasteiger charge is -2.15. The van der Waals surface area contributed by atoms with E-state index in [2.05, 4.69) is 4.65 Å². The van der Waals surface area contributed by atoms with Crippen LogP contribution in [0.25, 0.3) is 0 Å². The summed E-state index contributed by atoms with van der Waals surface area (Å²) in [5.74, 6) is -0.471. The van der Waals surface area contributed by atoms with E-state index in [1.807, 2.05) is 37.3 Å². The van der Waals surface area contributed by atoms with Crippen LogP contribution in [0.3, 0.4) is 0 Å². The minimum atomic E-state index is -0.775. The van der Waals surface area contributed by atoms with Crippen molar-refractivity contribution in [3.8, 4) is 11.5 Å². The molecule has 0 bridgehead atoms. The van der Waals surface area contributed by atoms with Crippen LogP contribution in [0.15, 0.2) is 36.4 Å². The van der Waals surface area contributed by atoms with Crippen molar-refractivity contribution in [3.63, 3.8) is 0 Å². The van der Waals surface area contributed by atoms with Crippen LogP contribution in [0, 0.1) is 13.8 Å². The van der Waals surface area contributed by atoms with Crippen molar-refractivity contribution in [2.45, 2.75) is 20.5 Å². The second kappa shape index (κ2) is 6.35. The number of aromatic hydroxyl groups is 1. The molecule has 21 heavy (non-hydrogen) atoms. The van der Waals surface area contributed by atoms with E-state index in [0.717, 1.165) is 11.1 Å². The molecular formula is C16H15BO4. The fourth-order valence-electron chi connectivity index (χ4n) is 2.07. The smallest absolute Gasteiger partial charge is 0.378 e. The molecule has 106 valence electrons. The van der Waals surface area contributed by atoms with Gasteiger partial charge in [0.2, 0.25) is 0 Å². The number of rotatable bonds is 4. The van der Waals surface area contributed by atoms with Gasteiger partial charge < -0.3 is 14.5 Å². The molecule has 0 spiro atoms. The first kappa shape index (κ1) is 15.0. The Morgan fingerprint density at radius 3 is 2.48 bits per heavy atom. The number of phenols is 1. The Hall–Kier alpha value is -2.43. The number of phenolic OH excluding ortho intramolecular Hbond substituents is 1. The summed E-state index contributed by atoms with van der Waals surface area (Å²) in [6.07, 6.45) is 0. The van der Waals surface area contributed by atoms with E-state index in [1.165, 1.54) is 6.07 Å². The molecule has 0 saturated carbocycles. The van der Waals surface area contributed by atoms with Gasteiger partial charge in [0.15, 0.2) is 0 Å². The van der Waals surface area contributed by atoms with Crippen LogP contribution in [0.5, 0.6) is 11.5 Å². The van der Waals surface area contributed by atoms with Gasteiger partial charge in [-0.3, -0.25) is 0 Å². The summed E-state index contributed by atoms with van der Waals surface area (Å²) in [5, 5.41) is 9.96. The van der Waals surface area contributed by atoms with E-state index in [0.29, 0.717) is 17.9 Å².